The Labute approximate surface area is 63.6 Å². The smallest absolute Gasteiger partial charge is 0.0347 e. The van der Waals surface area contributed by atoms with E-state index in [1.54, 1.807) is 0 Å². The Bertz CT molecular complexity index is 97.4. The van der Waals surface area contributed by atoms with Crippen LogP contribution < -0.4 is 5.32 Å². The lowest BCUT2D eigenvalue weighted by atomic mass is 10.1. The largest absolute Gasteiger partial charge is 0.314 e. The summed E-state index contributed by atoms with van der Waals surface area (Å²) < 4.78 is 0. The molecule has 0 bridgehead atoms. The van der Waals surface area contributed by atoms with E-state index in [0.29, 0.717) is 6.04 Å². The Morgan fingerprint density at radius 1 is 1.50 bits per heavy atom. The van der Waals surface area contributed by atoms with Crippen LogP contribution in [0.2, 0.25) is 0 Å². The average molecular weight is 142 g/mol. The molecule has 0 saturated carbocycles. The molecule has 0 aromatic carbocycles. The van der Waals surface area contributed by atoms with Crippen molar-refractivity contribution in [3.8, 4) is 0 Å². The third-order valence-electron chi connectivity index (χ3n) is 2.26. The molecule has 0 spiro atoms. The first-order valence-electron chi connectivity index (χ1n) is 4.22. The molecule has 0 unspecified atom stereocenters. The first-order chi connectivity index (χ1) is 4.75. The summed E-state index contributed by atoms with van der Waals surface area (Å²) in [5.41, 5.74) is 0. The lowest BCUT2D eigenvalue weighted by Crippen LogP contribution is -2.58. The molecule has 2 heteroatoms. The van der Waals surface area contributed by atoms with Crippen molar-refractivity contribution in [2.45, 2.75) is 32.9 Å². The van der Waals surface area contributed by atoms with E-state index in [1.165, 1.54) is 19.6 Å². The van der Waals surface area contributed by atoms with Gasteiger partial charge in [-0.3, -0.25) is 4.90 Å². The minimum Gasteiger partial charge on any atom is -0.314 e. The first-order valence-corrected chi connectivity index (χ1v) is 4.22. The molecule has 0 aromatic heterocycles. The molecule has 1 aliphatic rings. The maximum Gasteiger partial charge on any atom is 0.0347 e. The molecule has 0 radical (unpaired) electrons. The number of nitrogens with one attached hydrogen (secondary N) is 1. The Morgan fingerprint density at radius 3 is 2.20 bits per heavy atom. The van der Waals surface area contributed by atoms with Gasteiger partial charge in [0, 0.05) is 25.2 Å². The zero-order valence-corrected chi connectivity index (χ0v) is 7.22. The molecule has 0 amide bonds. The summed E-state index contributed by atoms with van der Waals surface area (Å²) in [6, 6.07) is 1.52. The van der Waals surface area contributed by atoms with Crippen LogP contribution in [0.3, 0.4) is 0 Å². The van der Waals surface area contributed by atoms with Gasteiger partial charge in [-0.2, -0.15) is 0 Å². The Kier molecular flexibility index (Phi) is 2.69. The maximum absolute atomic E-state index is 3.29. The van der Waals surface area contributed by atoms with Crippen LogP contribution in [-0.4, -0.2) is 36.6 Å². The third kappa shape index (κ3) is 1.50. The van der Waals surface area contributed by atoms with Gasteiger partial charge in [0.25, 0.3) is 0 Å². The summed E-state index contributed by atoms with van der Waals surface area (Å²) >= 11 is 0. The summed E-state index contributed by atoms with van der Waals surface area (Å²) in [4.78, 5) is 2.54. The van der Waals surface area contributed by atoms with Gasteiger partial charge in [0.1, 0.15) is 0 Å². The molecular formula is C8H18N2. The average Bonchev–Trinajstić information content (AvgIpc) is 1.76. The van der Waals surface area contributed by atoms with Crippen molar-refractivity contribution in [3.05, 3.63) is 0 Å². The highest BCUT2D eigenvalue weighted by Crippen LogP contribution is 2.08. The Balaban J connectivity index is 2.31. The van der Waals surface area contributed by atoms with E-state index in [9.17, 15) is 0 Å². The highest BCUT2D eigenvalue weighted by Gasteiger charge is 2.24. The maximum atomic E-state index is 3.29. The van der Waals surface area contributed by atoms with Crippen molar-refractivity contribution in [1.29, 1.82) is 0 Å². The van der Waals surface area contributed by atoms with Crippen molar-refractivity contribution in [2.75, 3.05) is 19.6 Å². The topological polar surface area (TPSA) is 15.3 Å². The van der Waals surface area contributed by atoms with Gasteiger partial charge < -0.3 is 5.32 Å². The molecule has 1 aliphatic heterocycles. The minimum absolute atomic E-state index is 0.706. The van der Waals surface area contributed by atoms with E-state index >= 15 is 0 Å². The summed E-state index contributed by atoms with van der Waals surface area (Å²) in [5, 5.41) is 3.29. The number of rotatable bonds is 3. The van der Waals surface area contributed by atoms with E-state index in [0.717, 1.165) is 6.04 Å². The number of likely N-dealkylation sites (N-methyl/N-ethyl adjacent to an activating group) is 1. The monoisotopic (exact) mass is 142 g/mol. The highest BCUT2D eigenvalue weighted by molar-refractivity contribution is 4.85. The van der Waals surface area contributed by atoms with Gasteiger partial charge >= 0.3 is 0 Å². The van der Waals surface area contributed by atoms with Gasteiger partial charge in [-0.1, -0.05) is 6.92 Å². The quantitative estimate of drug-likeness (QED) is 0.623. The van der Waals surface area contributed by atoms with E-state index in [1.807, 2.05) is 0 Å². The second kappa shape index (κ2) is 3.35. The molecule has 10 heavy (non-hydrogen) atoms. The molecule has 0 atom stereocenters. The van der Waals surface area contributed by atoms with Crippen molar-refractivity contribution in [3.63, 3.8) is 0 Å². The van der Waals surface area contributed by atoms with Crippen LogP contribution in [-0.2, 0) is 0 Å². The highest BCUT2D eigenvalue weighted by atomic mass is 15.2. The van der Waals surface area contributed by atoms with E-state index in [4.69, 9.17) is 0 Å². The van der Waals surface area contributed by atoms with Gasteiger partial charge in [-0.25, -0.2) is 0 Å². The summed E-state index contributed by atoms with van der Waals surface area (Å²) in [7, 11) is 0. The standard InChI is InChI=1S/C8H18N2/c1-4-10(7(2)3)8-5-9-6-8/h7-9H,4-6H2,1-3H3. The molecule has 0 aromatic rings. The fourth-order valence-corrected chi connectivity index (χ4v) is 1.55. The number of nitrogens with zero attached hydrogens (tertiary/aromatic N) is 1. The van der Waals surface area contributed by atoms with Crippen LogP contribution in [0.25, 0.3) is 0 Å². The lowest BCUT2D eigenvalue weighted by Gasteiger charge is -2.40. The van der Waals surface area contributed by atoms with Crippen LogP contribution in [0, 0.1) is 0 Å². The normalized spacial score (nSPS) is 20.1. The molecule has 1 saturated heterocycles. The minimum atomic E-state index is 0.706. The van der Waals surface area contributed by atoms with Crippen LogP contribution in [0.5, 0.6) is 0 Å². The van der Waals surface area contributed by atoms with Crippen LogP contribution >= 0.6 is 0 Å². The predicted octanol–water partition coefficient (Wildman–Crippen LogP) is 0.688. The van der Waals surface area contributed by atoms with Crippen LogP contribution in [0.1, 0.15) is 20.8 Å². The van der Waals surface area contributed by atoms with Crippen LogP contribution in [0.4, 0.5) is 0 Å². The van der Waals surface area contributed by atoms with Crippen molar-refractivity contribution >= 4 is 0 Å². The van der Waals surface area contributed by atoms with Crippen LogP contribution in [0.15, 0.2) is 0 Å². The first kappa shape index (κ1) is 8.02. The molecule has 60 valence electrons. The van der Waals surface area contributed by atoms with Crippen molar-refractivity contribution in [2.24, 2.45) is 0 Å². The van der Waals surface area contributed by atoms with Gasteiger partial charge in [0.15, 0.2) is 0 Å². The number of hydrogen-bond acceptors (Lipinski definition) is 2. The van der Waals surface area contributed by atoms with Gasteiger partial charge in [-0.15, -0.1) is 0 Å². The SMILES string of the molecule is CCN(C(C)C)C1CNC1. The van der Waals surface area contributed by atoms with Crippen molar-refractivity contribution in [1.82, 2.24) is 10.2 Å². The molecule has 1 heterocycles. The van der Waals surface area contributed by atoms with E-state index in [2.05, 4.69) is 31.0 Å². The number of hydrogen-bond donors (Lipinski definition) is 1. The summed E-state index contributed by atoms with van der Waals surface area (Å²) in [5.74, 6) is 0. The second-order valence-corrected chi connectivity index (χ2v) is 3.24. The summed E-state index contributed by atoms with van der Waals surface area (Å²) in [6.07, 6.45) is 0. The second-order valence-electron chi connectivity index (χ2n) is 3.24. The predicted molar refractivity (Wildman–Crippen MR) is 44.2 cm³/mol. The lowest BCUT2D eigenvalue weighted by molar-refractivity contribution is 0.118. The fourth-order valence-electron chi connectivity index (χ4n) is 1.55. The molecular weight excluding hydrogens is 124 g/mol. The van der Waals surface area contributed by atoms with E-state index < -0.39 is 0 Å². The Hall–Kier alpha value is -0.0800. The molecule has 1 N–H and O–H groups in total. The molecule has 1 fully saturated rings. The molecule has 2 nitrogen and oxygen atoms in total. The fraction of sp³-hybridized carbons (Fsp3) is 1.00. The zero-order valence-electron chi connectivity index (χ0n) is 7.22. The third-order valence-corrected chi connectivity index (χ3v) is 2.26. The zero-order chi connectivity index (χ0) is 7.56. The van der Waals surface area contributed by atoms with Gasteiger partial charge in [-0.05, 0) is 20.4 Å². The Morgan fingerprint density at radius 2 is 2.10 bits per heavy atom. The molecule has 1 rings (SSSR count). The van der Waals surface area contributed by atoms with Crippen molar-refractivity contribution < 1.29 is 0 Å². The molecule has 0 aliphatic carbocycles. The van der Waals surface area contributed by atoms with Gasteiger partial charge in [0.05, 0.1) is 0 Å². The van der Waals surface area contributed by atoms with Gasteiger partial charge in [0.2, 0.25) is 0 Å². The van der Waals surface area contributed by atoms with E-state index in [-0.39, 0.29) is 0 Å². The summed E-state index contributed by atoms with van der Waals surface area (Å²) in [6.45, 7) is 10.3.